The van der Waals surface area contributed by atoms with E-state index in [0.717, 1.165) is 0 Å². The number of hydrogen-bond acceptors (Lipinski definition) is 7. The number of hydrogen-bond donors (Lipinski definition) is 1. The van der Waals surface area contributed by atoms with Crippen LogP contribution in [0.2, 0.25) is 5.02 Å². The number of nitro groups is 1. The molecule has 8 nitrogen and oxygen atoms in total. The van der Waals surface area contributed by atoms with Crippen molar-refractivity contribution in [2.24, 2.45) is 0 Å². The quantitative estimate of drug-likeness (QED) is 0.532. The summed E-state index contributed by atoms with van der Waals surface area (Å²) < 4.78 is 10.9. The van der Waals surface area contributed by atoms with Crippen LogP contribution in [-0.2, 0) is 6.61 Å². The second-order valence-electron chi connectivity index (χ2n) is 4.65. The largest absolute Gasteiger partial charge is 0.484 e. The zero-order chi connectivity index (χ0) is 16.9. The van der Waals surface area contributed by atoms with E-state index in [1.807, 2.05) is 30.3 Å². The van der Waals surface area contributed by atoms with Crippen molar-refractivity contribution in [2.45, 2.75) is 6.61 Å². The Kier molecular flexibility index (Phi) is 4.57. The molecule has 122 valence electrons. The number of halogens is 1. The second kappa shape index (κ2) is 6.97. The van der Waals surface area contributed by atoms with Crippen LogP contribution in [0.1, 0.15) is 5.89 Å². The molecule has 0 radical (unpaired) electrons. The molecule has 24 heavy (non-hydrogen) atoms. The minimum atomic E-state index is -0.569. The summed E-state index contributed by atoms with van der Waals surface area (Å²) in [6.07, 6.45) is 0. The van der Waals surface area contributed by atoms with Gasteiger partial charge in [-0.05, 0) is 24.3 Å². The van der Waals surface area contributed by atoms with Crippen LogP contribution in [0, 0.1) is 10.1 Å². The van der Waals surface area contributed by atoms with E-state index in [-0.39, 0.29) is 29.2 Å². The summed E-state index contributed by atoms with van der Waals surface area (Å²) in [5.41, 5.74) is 0.194. The third-order valence-electron chi connectivity index (χ3n) is 2.97. The summed E-state index contributed by atoms with van der Waals surface area (Å²) in [6, 6.07) is 13.6. The summed E-state index contributed by atoms with van der Waals surface area (Å²) in [7, 11) is 0. The van der Waals surface area contributed by atoms with Gasteiger partial charge in [0.1, 0.15) is 10.8 Å². The van der Waals surface area contributed by atoms with Crippen LogP contribution in [0.5, 0.6) is 5.75 Å². The van der Waals surface area contributed by atoms with Gasteiger partial charge in [-0.25, -0.2) is 0 Å². The maximum atomic E-state index is 10.9. The highest BCUT2D eigenvalue weighted by atomic mass is 35.5. The van der Waals surface area contributed by atoms with E-state index in [9.17, 15) is 10.1 Å². The molecule has 0 aliphatic carbocycles. The van der Waals surface area contributed by atoms with Gasteiger partial charge in [0.15, 0.2) is 6.61 Å². The summed E-state index contributed by atoms with van der Waals surface area (Å²) in [5.74, 6) is 0.948. The first-order valence-corrected chi connectivity index (χ1v) is 7.21. The van der Waals surface area contributed by atoms with E-state index in [2.05, 4.69) is 15.5 Å². The molecule has 0 unspecified atom stereocenters. The first-order valence-electron chi connectivity index (χ1n) is 6.83. The summed E-state index contributed by atoms with van der Waals surface area (Å²) in [4.78, 5) is 10.3. The van der Waals surface area contributed by atoms with Gasteiger partial charge >= 0.3 is 6.01 Å². The molecular weight excluding hydrogens is 336 g/mol. The van der Waals surface area contributed by atoms with E-state index in [0.29, 0.717) is 11.4 Å². The Morgan fingerprint density at radius 3 is 2.75 bits per heavy atom. The van der Waals surface area contributed by atoms with E-state index >= 15 is 0 Å². The molecule has 0 saturated heterocycles. The molecule has 0 atom stereocenters. The van der Waals surface area contributed by atoms with Gasteiger partial charge in [0.25, 0.3) is 11.6 Å². The van der Waals surface area contributed by atoms with Gasteiger partial charge in [-0.2, -0.15) is 0 Å². The first-order chi connectivity index (χ1) is 11.6. The number of anilines is 2. The summed E-state index contributed by atoms with van der Waals surface area (Å²) >= 11 is 5.76. The average Bonchev–Trinajstić information content (AvgIpc) is 3.03. The van der Waals surface area contributed by atoms with Crippen molar-refractivity contribution < 1.29 is 14.1 Å². The molecule has 1 N–H and O–H groups in total. The number of nitro benzene ring substituents is 1. The third kappa shape index (κ3) is 3.79. The molecule has 9 heteroatoms. The summed E-state index contributed by atoms with van der Waals surface area (Å²) in [6.45, 7) is 0.111. The molecule has 0 aliphatic rings. The third-order valence-corrected chi connectivity index (χ3v) is 3.29. The van der Waals surface area contributed by atoms with Crippen molar-refractivity contribution >= 4 is 29.0 Å². The van der Waals surface area contributed by atoms with Gasteiger partial charge in [-0.1, -0.05) is 34.9 Å². The highest BCUT2D eigenvalue weighted by molar-refractivity contribution is 6.32. The van der Waals surface area contributed by atoms with Gasteiger partial charge in [-0.15, -0.1) is 5.10 Å². The lowest BCUT2D eigenvalue weighted by molar-refractivity contribution is -0.384. The van der Waals surface area contributed by atoms with Gasteiger partial charge in [-0.3, -0.25) is 10.1 Å². The van der Waals surface area contributed by atoms with Gasteiger partial charge in [0.05, 0.1) is 4.92 Å². The molecule has 0 saturated carbocycles. The van der Waals surface area contributed by atoms with Crippen LogP contribution in [0.25, 0.3) is 0 Å². The number of nitrogens with zero attached hydrogens (tertiary/aromatic N) is 3. The Morgan fingerprint density at radius 1 is 1.21 bits per heavy atom. The number of para-hydroxylation sites is 1. The standard InChI is InChI=1S/C15H11ClN4O4/c16-12-7-6-10(8-13(12)20(21)22)17-15-19-18-14(24-15)9-23-11-4-2-1-3-5-11/h1-8H,9H2,(H,17,19). The van der Waals surface area contributed by atoms with Crippen molar-refractivity contribution in [3.63, 3.8) is 0 Å². The molecule has 1 aromatic heterocycles. The minimum Gasteiger partial charge on any atom is -0.484 e. The first kappa shape index (κ1) is 15.8. The molecule has 0 spiro atoms. The van der Waals surface area contributed by atoms with E-state index < -0.39 is 4.92 Å². The molecule has 0 aliphatic heterocycles. The molecule has 0 fully saturated rings. The van der Waals surface area contributed by atoms with E-state index in [1.165, 1.54) is 12.1 Å². The maximum absolute atomic E-state index is 10.9. The minimum absolute atomic E-state index is 0.0491. The Morgan fingerprint density at radius 2 is 2.00 bits per heavy atom. The second-order valence-corrected chi connectivity index (χ2v) is 5.06. The lowest BCUT2D eigenvalue weighted by Crippen LogP contribution is -1.95. The SMILES string of the molecule is O=[N+]([O-])c1cc(Nc2nnc(COc3ccccc3)o2)ccc1Cl. The maximum Gasteiger partial charge on any atom is 0.320 e. The summed E-state index contributed by atoms with van der Waals surface area (Å²) in [5, 5.41) is 21.4. The Bertz CT molecular complexity index is 854. The zero-order valence-corrected chi connectivity index (χ0v) is 12.9. The molecule has 3 rings (SSSR count). The van der Waals surface area contributed by atoms with Crippen LogP contribution in [0.15, 0.2) is 52.9 Å². The normalized spacial score (nSPS) is 10.4. The monoisotopic (exact) mass is 346 g/mol. The van der Waals surface area contributed by atoms with Crippen LogP contribution in [0.3, 0.4) is 0 Å². The molecule has 2 aromatic carbocycles. The van der Waals surface area contributed by atoms with Gasteiger partial charge in [0, 0.05) is 11.8 Å². The van der Waals surface area contributed by atoms with Gasteiger partial charge in [0.2, 0.25) is 0 Å². The smallest absolute Gasteiger partial charge is 0.320 e. The number of nitrogens with one attached hydrogen (secondary N) is 1. The average molecular weight is 347 g/mol. The van der Waals surface area contributed by atoms with Crippen LogP contribution in [0.4, 0.5) is 17.4 Å². The predicted molar refractivity (Wildman–Crippen MR) is 86.5 cm³/mol. The lowest BCUT2D eigenvalue weighted by atomic mass is 10.3. The number of ether oxygens (including phenoxy) is 1. The Hall–Kier alpha value is -3.13. The number of benzene rings is 2. The lowest BCUT2D eigenvalue weighted by Gasteiger charge is -2.03. The molecule has 0 bridgehead atoms. The fraction of sp³-hybridized carbons (Fsp3) is 0.0667. The van der Waals surface area contributed by atoms with Crippen molar-refractivity contribution in [2.75, 3.05) is 5.32 Å². The number of rotatable bonds is 6. The van der Waals surface area contributed by atoms with E-state index in [4.69, 9.17) is 20.8 Å². The topological polar surface area (TPSA) is 103 Å². The Labute approximate surface area is 141 Å². The highest BCUT2D eigenvalue weighted by Gasteiger charge is 2.14. The highest BCUT2D eigenvalue weighted by Crippen LogP contribution is 2.28. The van der Waals surface area contributed by atoms with Crippen LogP contribution < -0.4 is 10.1 Å². The Balaban J connectivity index is 1.66. The molecule has 1 heterocycles. The number of aromatic nitrogens is 2. The molecule has 0 amide bonds. The fourth-order valence-corrected chi connectivity index (χ4v) is 2.06. The van der Waals surface area contributed by atoms with Crippen LogP contribution >= 0.6 is 11.6 Å². The fourth-order valence-electron chi connectivity index (χ4n) is 1.88. The van der Waals surface area contributed by atoms with Crippen molar-refractivity contribution in [1.29, 1.82) is 0 Å². The van der Waals surface area contributed by atoms with Crippen LogP contribution in [-0.4, -0.2) is 15.1 Å². The molecule has 3 aromatic rings. The molecular formula is C15H11ClN4O4. The van der Waals surface area contributed by atoms with E-state index in [1.54, 1.807) is 6.07 Å². The van der Waals surface area contributed by atoms with Crippen molar-refractivity contribution in [3.05, 3.63) is 69.6 Å². The zero-order valence-electron chi connectivity index (χ0n) is 12.2. The van der Waals surface area contributed by atoms with Gasteiger partial charge < -0.3 is 14.5 Å². The predicted octanol–water partition coefficient (Wildman–Crippen LogP) is 3.95. The van der Waals surface area contributed by atoms with Crippen molar-refractivity contribution in [1.82, 2.24) is 10.2 Å². The van der Waals surface area contributed by atoms with Crippen molar-refractivity contribution in [3.8, 4) is 5.75 Å².